The number of nitrogens with two attached hydrogens (primary N) is 1. The largest absolute Gasteiger partial charge is 0.397 e. The number of aryl methyl sites for hydroxylation is 1. The molecule has 0 spiro atoms. The van der Waals surface area contributed by atoms with E-state index in [1.165, 1.54) is 6.33 Å². The van der Waals surface area contributed by atoms with Crippen LogP contribution >= 0.6 is 0 Å². The van der Waals surface area contributed by atoms with Crippen LogP contribution in [-0.4, -0.2) is 41.1 Å². The average molecular weight is 288 g/mol. The summed E-state index contributed by atoms with van der Waals surface area (Å²) in [6.45, 7) is 4.56. The minimum Gasteiger partial charge on any atom is -0.397 e. The maximum Gasteiger partial charge on any atom is 0.186 e. The summed E-state index contributed by atoms with van der Waals surface area (Å²) in [4.78, 5) is 16.3. The minimum absolute atomic E-state index is 0.337. The van der Waals surface area contributed by atoms with Gasteiger partial charge in [0.2, 0.25) is 0 Å². The van der Waals surface area contributed by atoms with Crippen molar-refractivity contribution in [3.8, 4) is 0 Å². The SMILES string of the molecule is Cc1ncnc(N2CCN(c3ccc(N)cn3)CC2)c1F. The molecule has 0 amide bonds. The van der Waals surface area contributed by atoms with E-state index in [1.54, 1.807) is 13.1 Å². The summed E-state index contributed by atoms with van der Waals surface area (Å²) < 4.78 is 14.0. The molecule has 1 aliphatic heterocycles. The van der Waals surface area contributed by atoms with Crippen LogP contribution in [0, 0.1) is 12.7 Å². The van der Waals surface area contributed by atoms with Crippen molar-refractivity contribution in [1.29, 1.82) is 0 Å². The first-order valence-electron chi connectivity index (χ1n) is 6.83. The lowest BCUT2D eigenvalue weighted by Crippen LogP contribution is -2.47. The Kier molecular flexibility index (Phi) is 3.55. The van der Waals surface area contributed by atoms with E-state index in [-0.39, 0.29) is 5.82 Å². The third kappa shape index (κ3) is 2.72. The quantitative estimate of drug-likeness (QED) is 0.896. The van der Waals surface area contributed by atoms with Gasteiger partial charge in [0.1, 0.15) is 12.1 Å². The summed E-state index contributed by atoms with van der Waals surface area (Å²) in [5.74, 6) is 0.937. The summed E-state index contributed by atoms with van der Waals surface area (Å²) in [7, 11) is 0. The Hall–Kier alpha value is -2.44. The Morgan fingerprint density at radius 2 is 1.76 bits per heavy atom. The standard InChI is InChI=1S/C14H17FN6/c1-10-13(15)14(19-9-18-10)21-6-4-20(5-7-21)12-3-2-11(16)8-17-12/h2-3,8-9H,4-7,16H2,1H3. The fourth-order valence-corrected chi connectivity index (χ4v) is 2.40. The highest BCUT2D eigenvalue weighted by molar-refractivity contribution is 5.48. The van der Waals surface area contributed by atoms with Crippen LogP contribution in [0.25, 0.3) is 0 Å². The van der Waals surface area contributed by atoms with E-state index in [0.717, 1.165) is 18.9 Å². The molecule has 2 N–H and O–H groups in total. The normalized spacial score (nSPS) is 15.3. The van der Waals surface area contributed by atoms with E-state index in [1.807, 2.05) is 17.0 Å². The van der Waals surface area contributed by atoms with Crippen LogP contribution in [-0.2, 0) is 0 Å². The van der Waals surface area contributed by atoms with Crippen LogP contribution in [0.2, 0.25) is 0 Å². The molecular formula is C14H17FN6. The van der Waals surface area contributed by atoms with Gasteiger partial charge < -0.3 is 15.5 Å². The molecule has 3 heterocycles. The molecule has 2 aromatic rings. The van der Waals surface area contributed by atoms with Crippen LogP contribution < -0.4 is 15.5 Å². The van der Waals surface area contributed by atoms with Crippen molar-refractivity contribution in [2.24, 2.45) is 0 Å². The van der Waals surface area contributed by atoms with Crippen molar-refractivity contribution in [2.45, 2.75) is 6.92 Å². The number of aromatic nitrogens is 3. The molecule has 2 aromatic heterocycles. The maximum absolute atomic E-state index is 14.0. The molecule has 0 unspecified atom stereocenters. The van der Waals surface area contributed by atoms with E-state index >= 15 is 0 Å². The third-order valence-corrected chi connectivity index (χ3v) is 3.62. The molecule has 1 saturated heterocycles. The molecular weight excluding hydrogens is 271 g/mol. The van der Waals surface area contributed by atoms with Gasteiger partial charge in [-0.1, -0.05) is 0 Å². The topological polar surface area (TPSA) is 71.2 Å². The molecule has 21 heavy (non-hydrogen) atoms. The van der Waals surface area contributed by atoms with Crippen LogP contribution in [0.1, 0.15) is 5.69 Å². The Morgan fingerprint density at radius 1 is 1.05 bits per heavy atom. The predicted molar refractivity (Wildman–Crippen MR) is 79.8 cm³/mol. The summed E-state index contributed by atoms with van der Waals surface area (Å²) in [5, 5.41) is 0. The van der Waals surface area contributed by atoms with Gasteiger partial charge in [-0.15, -0.1) is 0 Å². The summed E-state index contributed by atoms with van der Waals surface area (Å²) in [6, 6.07) is 3.74. The Balaban J connectivity index is 1.70. The van der Waals surface area contributed by atoms with Crippen molar-refractivity contribution >= 4 is 17.3 Å². The Morgan fingerprint density at radius 3 is 2.43 bits per heavy atom. The van der Waals surface area contributed by atoms with Crippen molar-refractivity contribution in [2.75, 3.05) is 41.7 Å². The molecule has 1 fully saturated rings. The molecule has 0 bridgehead atoms. The van der Waals surface area contributed by atoms with Crippen LogP contribution in [0.5, 0.6) is 0 Å². The number of nitrogens with zero attached hydrogens (tertiary/aromatic N) is 5. The molecule has 0 aliphatic carbocycles. The summed E-state index contributed by atoms with van der Waals surface area (Å²) in [6.07, 6.45) is 3.05. The van der Waals surface area contributed by atoms with Gasteiger partial charge >= 0.3 is 0 Å². The highest BCUT2D eigenvalue weighted by Crippen LogP contribution is 2.21. The predicted octanol–water partition coefficient (Wildman–Crippen LogP) is 1.23. The van der Waals surface area contributed by atoms with E-state index in [4.69, 9.17) is 5.73 Å². The minimum atomic E-state index is -0.337. The van der Waals surface area contributed by atoms with Gasteiger partial charge in [-0.25, -0.2) is 19.3 Å². The van der Waals surface area contributed by atoms with Crippen molar-refractivity contribution < 1.29 is 4.39 Å². The van der Waals surface area contributed by atoms with E-state index in [9.17, 15) is 4.39 Å². The van der Waals surface area contributed by atoms with Crippen LogP contribution in [0.4, 0.5) is 21.7 Å². The molecule has 6 nitrogen and oxygen atoms in total. The second kappa shape index (κ2) is 5.51. The Bertz CT molecular complexity index is 622. The van der Waals surface area contributed by atoms with Gasteiger partial charge in [0, 0.05) is 26.2 Å². The molecule has 0 radical (unpaired) electrons. The fourth-order valence-electron chi connectivity index (χ4n) is 2.40. The molecule has 0 aromatic carbocycles. The first kappa shape index (κ1) is 13.5. The zero-order chi connectivity index (χ0) is 14.8. The summed E-state index contributed by atoms with van der Waals surface area (Å²) in [5.41, 5.74) is 6.67. The molecule has 3 rings (SSSR count). The smallest absolute Gasteiger partial charge is 0.186 e. The fraction of sp³-hybridized carbons (Fsp3) is 0.357. The zero-order valence-corrected chi connectivity index (χ0v) is 11.8. The number of rotatable bonds is 2. The van der Waals surface area contributed by atoms with Crippen LogP contribution in [0.15, 0.2) is 24.7 Å². The first-order valence-corrected chi connectivity index (χ1v) is 6.83. The van der Waals surface area contributed by atoms with Gasteiger partial charge in [0.05, 0.1) is 17.6 Å². The lowest BCUT2D eigenvalue weighted by Gasteiger charge is -2.36. The summed E-state index contributed by atoms with van der Waals surface area (Å²) >= 11 is 0. The maximum atomic E-state index is 14.0. The van der Waals surface area contributed by atoms with Gasteiger partial charge in [-0.3, -0.25) is 0 Å². The van der Waals surface area contributed by atoms with Gasteiger partial charge in [0.25, 0.3) is 0 Å². The second-order valence-electron chi connectivity index (χ2n) is 5.02. The average Bonchev–Trinajstić information content (AvgIpc) is 2.51. The van der Waals surface area contributed by atoms with Crippen molar-refractivity contribution in [3.63, 3.8) is 0 Å². The number of nitrogen functional groups attached to an aromatic ring is 1. The number of pyridine rings is 1. The van der Waals surface area contributed by atoms with Crippen LogP contribution in [0.3, 0.4) is 0 Å². The third-order valence-electron chi connectivity index (χ3n) is 3.62. The molecule has 0 saturated carbocycles. The van der Waals surface area contributed by atoms with Gasteiger partial charge in [-0.2, -0.15) is 0 Å². The first-order chi connectivity index (χ1) is 10.1. The highest BCUT2D eigenvalue weighted by atomic mass is 19.1. The van der Waals surface area contributed by atoms with Crippen molar-refractivity contribution in [3.05, 3.63) is 36.2 Å². The zero-order valence-electron chi connectivity index (χ0n) is 11.8. The molecule has 1 aliphatic rings. The molecule has 0 atom stereocenters. The number of anilines is 3. The van der Waals surface area contributed by atoms with E-state index in [0.29, 0.717) is 30.3 Å². The lowest BCUT2D eigenvalue weighted by atomic mass is 10.2. The number of hydrogen-bond donors (Lipinski definition) is 1. The van der Waals surface area contributed by atoms with Crippen molar-refractivity contribution in [1.82, 2.24) is 15.0 Å². The van der Waals surface area contributed by atoms with Gasteiger partial charge in [0.15, 0.2) is 11.6 Å². The van der Waals surface area contributed by atoms with E-state index < -0.39 is 0 Å². The lowest BCUT2D eigenvalue weighted by molar-refractivity contribution is 0.573. The monoisotopic (exact) mass is 288 g/mol. The van der Waals surface area contributed by atoms with E-state index in [2.05, 4.69) is 19.9 Å². The van der Waals surface area contributed by atoms with Gasteiger partial charge in [-0.05, 0) is 19.1 Å². The Labute approximate surface area is 122 Å². The molecule has 7 heteroatoms. The number of hydrogen-bond acceptors (Lipinski definition) is 6. The number of halogens is 1. The number of piperazine rings is 1. The highest BCUT2D eigenvalue weighted by Gasteiger charge is 2.22. The second-order valence-corrected chi connectivity index (χ2v) is 5.02. The molecule has 110 valence electrons.